The Morgan fingerprint density at radius 3 is 2.33 bits per heavy atom. The molecule has 0 amide bonds. The number of esters is 1. The maximum absolute atomic E-state index is 12.9. The number of carbonyl (C=O) groups is 2. The molecule has 1 atom stereocenters. The van der Waals surface area contributed by atoms with E-state index < -0.39 is 34.5 Å². The van der Waals surface area contributed by atoms with E-state index in [2.05, 4.69) is 4.72 Å². The largest absolute Gasteiger partial charge is 0.456 e. The molecule has 0 fully saturated rings. The van der Waals surface area contributed by atoms with Gasteiger partial charge in [-0.15, -0.1) is 0 Å². The van der Waals surface area contributed by atoms with Crippen LogP contribution in [0.5, 0.6) is 0 Å². The van der Waals surface area contributed by atoms with Crippen LogP contribution in [0, 0.1) is 19.7 Å². The van der Waals surface area contributed by atoms with Crippen molar-refractivity contribution in [3.05, 3.63) is 53.1 Å². The van der Waals surface area contributed by atoms with Crippen LogP contribution in [0.2, 0.25) is 0 Å². The van der Waals surface area contributed by atoms with Crippen molar-refractivity contribution in [2.75, 3.05) is 6.61 Å². The molecule has 0 unspecified atom stereocenters. The Labute approximate surface area is 157 Å². The predicted molar refractivity (Wildman–Crippen MR) is 96.4 cm³/mol. The number of sulfonamides is 1. The standard InChI is InChI=1S/C18H21FN2O5S/c1-11-9-16(13(3)21(11)4)17(22)10-26-18(23)12(2)20-27(24,25)15-7-5-14(19)6-8-15/h5-9,12,20H,10H2,1-4H3/t12-/m0/s1. The zero-order valence-corrected chi connectivity index (χ0v) is 16.3. The number of aromatic nitrogens is 1. The van der Waals surface area contributed by atoms with E-state index in [0.717, 1.165) is 35.7 Å². The Balaban J connectivity index is 1.98. The molecule has 0 saturated heterocycles. The van der Waals surface area contributed by atoms with E-state index in [1.54, 1.807) is 13.0 Å². The smallest absolute Gasteiger partial charge is 0.324 e. The van der Waals surface area contributed by atoms with Crippen molar-refractivity contribution in [2.45, 2.75) is 31.7 Å². The molecule has 146 valence electrons. The molecule has 0 spiro atoms. The Morgan fingerprint density at radius 1 is 1.22 bits per heavy atom. The quantitative estimate of drug-likeness (QED) is 0.570. The summed E-state index contributed by atoms with van der Waals surface area (Å²) in [4.78, 5) is 24.1. The number of halogens is 1. The lowest BCUT2D eigenvalue weighted by Crippen LogP contribution is -2.40. The minimum atomic E-state index is -4.03. The van der Waals surface area contributed by atoms with Crippen LogP contribution in [0.15, 0.2) is 35.2 Å². The summed E-state index contributed by atoms with van der Waals surface area (Å²) in [6, 6.07) is 4.65. The van der Waals surface area contributed by atoms with Gasteiger partial charge in [0.2, 0.25) is 15.8 Å². The van der Waals surface area contributed by atoms with E-state index in [0.29, 0.717) is 5.56 Å². The summed E-state index contributed by atoms with van der Waals surface area (Å²) in [5, 5.41) is 0. The second-order valence-electron chi connectivity index (χ2n) is 6.17. The number of nitrogens with zero attached hydrogens (tertiary/aromatic N) is 1. The minimum Gasteiger partial charge on any atom is -0.456 e. The average molecular weight is 396 g/mol. The molecule has 0 aliphatic carbocycles. The number of carbonyl (C=O) groups excluding carboxylic acids is 2. The number of rotatable bonds is 7. The van der Waals surface area contributed by atoms with Crippen molar-refractivity contribution < 1.29 is 27.1 Å². The molecular formula is C18H21FN2O5S. The molecule has 0 bridgehead atoms. The van der Waals surface area contributed by atoms with Gasteiger partial charge >= 0.3 is 5.97 Å². The van der Waals surface area contributed by atoms with Gasteiger partial charge in [-0.1, -0.05) is 0 Å². The molecule has 1 aromatic carbocycles. The predicted octanol–water partition coefficient (Wildman–Crippen LogP) is 1.87. The van der Waals surface area contributed by atoms with E-state index in [-0.39, 0.29) is 10.7 Å². The van der Waals surface area contributed by atoms with Gasteiger partial charge in [0.1, 0.15) is 11.9 Å². The number of ketones is 1. The highest BCUT2D eigenvalue weighted by Gasteiger charge is 2.24. The summed E-state index contributed by atoms with van der Waals surface area (Å²) in [6.45, 7) is 4.43. The number of Topliss-reactive ketones (excluding diaryl/α,β-unsaturated/α-hetero) is 1. The van der Waals surface area contributed by atoms with Crippen LogP contribution in [0.25, 0.3) is 0 Å². The molecule has 0 aliphatic heterocycles. The lowest BCUT2D eigenvalue weighted by molar-refractivity contribution is -0.144. The molecular weight excluding hydrogens is 375 g/mol. The Morgan fingerprint density at radius 2 is 1.81 bits per heavy atom. The summed E-state index contributed by atoms with van der Waals surface area (Å²) < 4.78 is 46.2. The van der Waals surface area contributed by atoms with Gasteiger partial charge in [-0.3, -0.25) is 9.59 Å². The van der Waals surface area contributed by atoms with Gasteiger partial charge in [-0.2, -0.15) is 4.72 Å². The van der Waals surface area contributed by atoms with Crippen molar-refractivity contribution in [1.82, 2.24) is 9.29 Å². The lowest BCUT2D eigenvalue weighted by Gasteiger charge is -2.13. The monoisotopic (exact) mass is 396 g/mol. The molecule has 1 aromatic heterocycles. The highest BCUT2D eigenvalue weighted by Crippen LogP contribution is 2.14. The van der Waals surface area contributed by atoms with E-state index in [1.807, 2.05) is 18.5 Å². The lowest BCUT2D eigenvalue weighted by atomic mass is 10.1. The number of benzene rings is 1. The number of aryl methyl sites for hydroxylation is 1. The zero-order valence-electron chi connectivity index (χ0n) is 15.4. The van der Waals surface area contributed by atoms with E-state index in [4.69, 9.17) is 4.74 Å². The molecule has 9 heteroatoms. The van der Waals surface area contributed by atoms with Gasteiger partial charge in [0.15, 0.2) is 6.61 Å². The number of ether oxygens (including phenoxy) is 1. The van der Waals surface area contributed by atoms with Crippen molar-refractivity contribution in [3.8, 4) is 0 Å². The maximum atomic E-state index is 12.9. The van der Waals surface area contributed by atoms with Crippen molar-refractivity contribution in [2.24, 2.45) is 7.05 Å². The minimum absolute atomic E-state index is 0.185. The van der Waals surface area contributed by atoms with Crippen molar-refractivity contribution in [3.63, 3.8) is 0 Å². The fraction of sp³-hybridized carbons (Fsp3) is 0.333. The maximum Gasteiger partial charge on any atom is 0.324 e. The summed E-state index contributed by atoms with van der Waals surface area (Å²) in [6.07, 6.45) is 0. The summed E-state index contributed by atoms with van der Waals surface area (Å²) >= 11 is 0. The Kier molecular flexibility index (Phi) is 6.17. The summed E-state index contributed by atoms with van der Waals surface area (Å²) in [5.41, 5.74) is 2.09. The summed E-state index contributed by atoms with van der Waals surface area (Å²) in [7, 11) is -2.21. The van der Waals surface area contributed by atoms with Crippen LogP contribution < -0.4 is 4.72 Å². The molecule has 2 aromatic rings. The Bertz CT molecular complexity index is 964. The normalized spacial score (nSPS) is 12.6. The first-order valence-corrected chi connectivity index (χ1v) is 9.62. The van der Waals surface area contributed by atoms with Gasteiger partial charge in [-0.05, 0) is 51.1 Å². The van der Waals surface area contributed by atoms with Crippen molar-refractivity contribution in [1.29, 1.82) is 0 Å². The molecule has 0 radical (unpaired) electrons. The fourth-order valence-corrected chi connectivity index (χ4v) is 3.63. The molecule has 1 heterocycles. The first-order chi connectivity index (χ1) is 12.5. The van der Waals surface area contributed by atoms with Crippen LogP contribution in [0.1, 0.15) is 28.7 Å². The number of nitrogens with one attached hydrogen (secondary N) is 1. The first-order valence-electron chi connectivity index (χ1n) is 8.13. The second-order valence-corrected chi connectivity index (χ2v) is 7.89. The van der Waals surface area contributed by atoms with E-state index in [1.165, 1.54) is 6.92 Å². The van der Waals surface area contributed by atoms with Gasteiger partial charge in [0, 0.05) is 24.0 Å². The molecule has 0 saturated carbocycles. The summed E-state index contributed by atoms with van der Waals surface area (Å²) in [5.74, 6) is -1.84. The molecule has 2 rings (SSSR count). The third kappa shape index (κ3) is 4.81. The fourth-order valence-electron chi connectivity index (χ4n) is 2.44. The van der Waals surface area contributed by atoms with Crippen LogP contribution in [-0.4, -0.2) is 37.4 Å². The molecule has 1 N–H and O–H groups in total. The van der Waals surface area contributed by atoms with Gasteiger partial charge in [0.05, 0.1) is 4.90 Å². The van der Waals surface area contributed by atoms with Crippen molar-refractivity contribution >= 4 is 21.8 Å². The van der Waals surface area contributed by atoms with Crippen LogP contribution in [-0.2, 0) is 26.6 Å². The average Bonchev–Trinajstić information content (AvgIpc) is 2.86. The van der Waals surface area contributed by atoms with E-state index >= 15 is 0 Å². The zero-order chi connectivity index (χ0) is 20.4. The van der Waals surface area contributed by atoms with Gasteiger partial charge in [0.25, 0.3) is 0 Å². The van der Waals surface area contributed by atoms with Gasteiger partial charge < -0.3 is 9.30 Å². The SMILES string of the molecule is Cc1cc(C(=O)COC(=O)[C@H](C)NS(=O)(=O)c2ccc(F)cc2)c(C)n1C. The second kappa shape index (κ2) is 8.01. The molecule has 7 nitrogen and oxygen atoms in total. The van der Waals surface area contributed by atoms with Crippen LogP contribution >= 0.6 is 0 Å². The number of hydrogen-bond donors (Lipinski definition) is 1. The highest BCUT2D eigenvalue weighted by atomic mass is 32.2. The third-order valence-electron chi connectivity index (χ3n) is 4.23. The highest BCUT2D eigenvalue weighted by molar-refractivity contribution is 7.89. The van der Waals surface area contributed by atoms with Gasteiger partial charge in [-0.25, -0.2) is 12.8 Å². The molecule has 0 aliphatic rings. The third-order valence-corrected chi connectivity index (χ3v) is 5.79. The van der Waals surface area contributed by atoms with Crippen LogP contribution in [0.4, 0.5) is 4.39 Å². The first kappa shape index (κ1) is 20.8. The topological polar surface area (TPSA) is 94.5 Å². The van der Waals surface area contributed by atoms with E-state index in [9.17, 15) is 22.4 Å². The molecule has 27 heavy (non-hydrogen) atoms. The number of hydrogen-bond acceptors (Lipinski definition) is 5. The Hall–Kier alpha value is -2.52. The van der Waals surface area contributed by atoms with Crippen LogP contribution in [0.3, 0.4) is 0 Å².